The summed E-state index contributed by atoms with van der Waals surface area (Å²) in [5, 5.41) is 0. The van der Waals surface area contributed by atoms with Crippen LogP contribution < -0.4 is 0 Å². The van der Waals surface area contributed by atoms with Crippen LogP contribution in [-0.4, -0.2) is 21.9 Å². The highest BCUT2D eigenvalue weighted by Crippen LogP contribution is 2.41. The highest BCUT2D eigenvalue weighted by atomic mass is 79.9. The van der Waals surface area contributed by atoms with Gasteiger partial charge in [-0.05, 0) is 12.5 Å². The van der Waals surface area contributed by atoms with Crippen LogP contribution in [0, 0.1) is 0 Å². The van der Waals surface area contributed by atoms with Crippen LogP contribution in [0.2, 0.25) is 0 Å². The number of allylic oxidation sites excluding steroid dienone is 2. The average molecular weight is 343 g/mol. The third kappa shape index (κ3) is 3.61. The van der Waals surface area contributed by atoms with Crippen molar-refractivity contribution in [1.29, 1.82) is 0 Å². The van der Waals surface area contributed by atoms with E-state index in [1.807, 2.05) is 30.3 Å². The molecule has 0 amide bonds. The molecule has 0 spiro atoms. The van der Waals surface area contributed by atoms with Crippen molar-refractivity contribution >= 4 is 33.9 Å². The first kappa shape index (κ1) is 14.6. The number of quaternary nitrogens is 1. The third-order valence-corrected chi connectivity index (χ3v) is 5.88. The number of carbonyl (C=O) groups is 1. The summed E-state index contributed by atoms with van der Waals surface area (Å²) in [6.07, 6.45) is 0. The van der Waals surface area contributed by atoms with Crippen molar-refractivity contribution < 1.29 is 13.0 Å². The van der Waals surface area contributed by atoms with Gasteiger partial charge in [-0.25, -0.2) is 8.30 Å². The first-order valence-corrected chi connectivity index (χ1v) is 7.78. The van der Waals surface area contributed by atoms with Crippen molar-refractivity contribution in [2.24, 2.45) is 0 Å². The van der Waals surface area contributed by atoms with Gasteiger partial charge in [-0.3, -0.25) is 0 Å². The van der Waals surface area contributed by atoms with Gasteiger partial charge in [0.05, 0.1) is 0 Å². The van der Waals surface area contributed by atoms with E-state index in [1.54, 1.807) is 11.8 Å². The SMILES string of the molecule is CC1=C(C)[N+](Br)(CC(=O)OCc2ccccc2)CS1. The van der Waals surface area contributed by atoms with Gasteiger partial charge in [-0.1, -0.05) is 42.1 Å². The van der Waals surface area contributed by atoms with Crippen molar-refractivity contribution in [3.05, 3.63) is 46.5 Å². The maximum atomic E-state index is 11.9. The number of carbonyl (C=O) groups excluding carboxylic acids is 1. The Morgan fingerprint density at radius 3 is 2.63 bits per heavy atom. The van der Waals surface area contributed by atoms with Crippen LogP contribution in [0.25, 0.3) is 0 Å². The standard InChI is InChI=1S/C14H17BrNO2S/c1-11-12(2)19-10-16(11,15)8-14(17)18-9-13-6-4-3-5-7-13/h3-7H,8-10H2,1-2H3/q+1. The van der Waals surface area contributed by atoms with E-state index in [1.165, 1.54) is 10.6 Å². The lowest BCUT2D eigenvalue weighted by Crippen LogP contribution is -2.38. The highest BCUT2D eigenvalue weighted by molar-refractivity contribution is 9.05. The molecule has 1 aliphatic rings. The molecule has 0 saturated heterocycles. The van der Waals surface area contributed by atoms with Gasteiger partial charge in [0, 0.05) is 11.8 Å². The maximum absolute atomic E-state index is 11.9. The second-order valence-electron chi connectivity index (χ2n) is 4.58. The molecule has 5 heteroatoms. The van der Waals surface area contributed by atoms with Gasteiger partial charge >= 0.3 is 5.97 Å². The zero-order chi connectivity index (χ0) is 13.9. The van der Waals surface area contributed by atoms with E-state index < -0.39 is 0 Å². The molecule has 1 unspecified atom stereocenters. The number of benzene rings is 1. The minimum atomic E-state index is -0.185. The molecule has 0 saturated carbocycles. The lowest BCUT2D eigenvalue weighted by molar-refractivity contribution is -0.712. The van der Waals surface area contributed by atoms with E-state index >= 15 is 0 Å². The Labute approximate surface area is 126 Å². The Kier molecular flexibility index (Phi) is 4.71. The zero-order valence-electron chi connectivity index (χ0n) is 11.1. The number of ether oxygens (including phenoxy) is 1. The minimum absolute atomic E-state index is 0.185. The van der Waals surface area contributed by atoms with Crippen molar-refractivity contribution in [1.82, 2.24) is 0 Å². The first-order chi connectivity index (χ1) is 9.01. The number of halogens is 1. The summed E-state index contributed by atoms with van der Waals surface area (Å²) in [4.78, 5) is 13.2. The van der Waals surface area contributed by atoms with Crippen molar-refractivity contribution in [2.45, 2.75) is 20.5 Å². The Morgan fingerprint density at radius 1 is 1.37 bits per heavy atom. The Balaban J connectivity index is 1.89. The zero-order valence-corrected chi connectivity index (χ0v) is 13.5. The number of rotatable bonds is 4. The van der Waals surface area contributed by atoms with Gasteiger partial charge in [0.25, 0.3) is 0 Å². The topological polar surface area (TPSA) is 26.3 Å². The van der Waals surface area contributed by atoms with Gasteiger partial charge in [-0.2, -0.15) is 0 Å². The summed E-state index contributed by atoms with van der Waals surface area (Å²) in [5.74, 6) is 0.647. The molecule has 2 rings (SSSR count). The molecule has 0 aliphatic carbocycles. The molecule has 1 aromatic carbocycles. The largest absolute Gasteiger partial charge is 0.457 e. The molecule has 1 heterocycles. The lowest BCUT2D eigenvalue weighted by Gasteiger charge is -2.24. The van der Waals surface area contributed by atoms with E-state index in [4.69, 9.17) is 4.74 Å². The molecular formula is C14H17BrNO2S+. The monoisotopic (exact) mass is 342 g/mol. The number of thioether (sulfide) groups is 1. The summed E-state index contributed by atoms with van der Waals surface area (Å²) in [6, 6.07) is 9.73. The van der Waals surface area contributed by atoms with Crippen LogP contribution in [-0.2, 0) is 16.1 Å². The fraction of sp³-hybridized carbons (Fsp3) is 0.357. The third-order valence-electron chi connectivity index (χ3n) is 3.22. The summed E-state index contributed by atoms with van der Waals surface area (Å²) in [7, 11) is 0. The second kappa shape index (κ2) is 6.11. The molecule has 19 heavy (non-hydrogen) atoms. The van der Waals surface area contributed by atoms with Crippen LogP contribution in [0.1, 0.15) is 19.4 Å². The van der Waals surface area contributed by atoms with E-state index in [0.29, 0.717) is 16.7 Å². The number of nitrogens with zero attached hydrogens (tertiary/aromatic N) is 1. The minimum Gasteiger partial charge on any atom is -0.457 e. The molecule has 1 aromatic rings. The van der Waals surface area contributed by atoms with Crippen molar-refractivity contribution in [3.63, 3.8) is 0 Å². The Bertz CT molecular complexity index is 503. The Morgan fingerprint density at radius 2 is 2.05 bits per heavy atom. The van der Waals surface area contributed by atoms with Crippen molar-refractivity contribution in [3.8, 4) is 0 Å². The first-order valence-electron chi connectivity index (χ1n) is 6.08. The summed E-state index contributed by atoms with van der Waals surface area (Å²) in [5.41, 5.74) is 2.19. The van der Waals surface area contributed by atoms with Gasteiger partial charge in [0.2, 0.25) is 16.1 Å². The van der Waals surface area contributed by atoms with E-state index in [0.717, 1.165) is 11.4 Å². The van der Waals surface area contributed by atoms with E-state index in [-0.39, 0.29) is 5.97 Å². The molecule has 0 bridgehead atoms. The summed E-state index contributed by atoms with van der Waals surface area (Å²) >= 11 is 5.40. The van der Waals surface area contributed by atoms with E-state index in [9.17, 15) is 4.79 Å². The molecule has 1 aliphatic heterocycles. The molecular weight excluding hydrogens is 326 g/mol. The van der Waals surface area contributed by atoms with Gasteiger partial charge in [-0.15, -0.1) is 0 Å². The summed E-state index contributed by atoms with van der Waals surface area (Å²) < 4.78 is 5.79. The lowest BCUT2D eigenvalue weighted by atomic mass is 10.2. The van der Waals surface area contributed by atoms with Gasteiger partial charge in [0.15, 0.2) is 6.54 Å². The second-order valence-corrected chi connectivity index (χ2v) is 7.10. The van der Waals surface area contributed by atoms with Crippen LogP contribution in [0.4, 0.5) is 0 Å². The number of hydrogen-bond acceptors (Lipinski definition) is 3. The van der Waals surface area contributed by atoms with Crippen molar-refractivity contribution in [2.75, 3.05) is 12.4 Å². The summed E-state index contributed by atoms with van der Waals surface area (Å²) in [6.45, 7) is 4.79. The van der Waals surface area contributed by atoms with Crippen LogP contribution in [0.15, 0.2) is 40.9 Å². The Hall–Kier alpha value is -0.780. The maximum Gasteiger partial charge on any atom is 0.363 e. The van der Waals surface area contributed by atoms with Gasteiger partial charge in [0.1, 0.15) is 18.2 Å². The smallest absolute Gasteiger partial charge is 0.363 e. The fourth-order valence-corrected chi connectivity index (χ4v) is 3.80. The predicted octanol–water partition coefficient (Wildman–Crippen LogP) is 3.81. The highest BCUT2D eigenvalue weighted by Gasteiger charge is 2.38. The van der Waals surface area contributed by atoms with Crippen LogP contribution in [0.3, 0.4) is 0 Å². The predicted molar refractivity (Wildman–Crippen MR) is 81.1 cm³/mol. The molecule has 3 nitrogen and oxygen atoms in total. The van der Waals surface area contributed by atoms with E-state index in [2.05, 4.69) is 30.0 Å². The van der Waals surface area contributed by atoms with Gasteiger partial charge < -0.3 is 4.74 Å². The molecule has 0 fully saturated rings. The number of esters is 1. The molecule has 1 atom stereocenters. The molecule has 0 aromatic heterocycles. The molecule has 0 N–H and O–H groups in total. The van der Waals surface area contributed by atoms with Crippen LogP contribution >= 0.6 is 27.9 Å². The average Bonchev–Trinajstić information content (AvgIpc) is 2.66. The fourth-order valence-electron chi connectivity index (χ4n) is 1.84. The molecule has 0 radical (unpaired) electrons. The molecule has 102 valence electrons. The normalized spacial score (nSPS) is 22.7. The number of hydrogen-bond donors (Lipinski definition) is 0. The quantitative estimate of drug-likeness (QED) is 0.614. The van der Waals surface area contributed by atoms with Crippen LogP contribution in [0.5, 0.6) is 0 Å².